The molecule has 3 aromatic carbocycles. The molecule has 0 bridgehead atoms. The molecule has 10 heteroatoms. The van der Waals surface area contributed by atoms with E-state index < -0.39 is 26.7 Å². The number of rotatable bonds is 7. The van der Waals surface area contributed by atoms with Crippen LogP contribution >= 0.6 is 0 Å². The minimum absolute atomic E-state index is 0.154. The second kappa shape index (κ2) is 10.3. The highest BCUT2D eigenvalue weighted by atomic mass is 32.2. The van der Waals surface area contributed by atoms with Crippen LogP contribution in [0, 0.1) is 10.1 Å². The van der Waals surface area contributed by atoms with E-state index in [1.54, 1.807) is 0 Å². The number of para-hydroxylation sites is 2. The molecule has 0 spiro atoms. The lowest BCUT2D eigenvalue weighted by Crippen LogP contribution is -3.19. The third kappa shape index (κ3) is 5.24. The molecule has 2 N–H and O–H groups in total. The summed E-state index contributed by atoms with van der Waals surface area (Å²) in [5.41, 5.74) is 2.20. The van der Waals surface area contributed by atoms with Gasteiger partial charge in [-0.15, -0.1) is 0 Å². The molecule has 3 aromatic rings. The minimum Gasteiger partial charge on any atom is -0.323 e. The van der Waals surface area contributed by atoms with Crippen LogP contribution in [0.25, 0.3) is 11.1 Å². The van der Waals surface area contributed by atoms with Gasteiger partial charge in [-0.2, -0.15) is 4.31 Å². The summed E-state index contributed by atoms with van der Waals surface area (Å²) in [4.78, 5) is 24.3. The maximum absolute atomic E-state index is 13.1. The largest absolute Gasteiger partial charge is 0.323 e. The van der Waals surface area contributed by atoms with E-state index in [1.807, 2.05) is 61.5 Å². The number of carbonyl (C=O) groups excluding carboxylic acids is 1. The second-order valence-corrected chi connectivity index (χ2v) is 10.3. The van der Waals surface area contributed by atoms with Gasteiger partial charge < -0.3 is 10.2 Å². The SMILES string of the molecule is C[C@H](C(=O)Nc1ccccc1-c1ccccc1)[NH+]1CCN(S(=O)(=O)c2ccccc2[N+](=O)[O-])CC1. The number of sulfonamides is 1. The molecule has 0 saturated carbocycles. The van der Waals surface area contributed by atoms with Gasteiger partial charge in [-0.05, 0) is 24.6 Å². The average Bonchev–Trinajstić information content (AvgIpc) is 2.89. The van der Waals surface area contributed by atoms with Crippen molar-refractivity contribution in [2.24, 2.45) is 0 Å². The van der Waals surface area contributed by atoms with Crippen molar-refractivity contribution in [3.8, 4) is 11.1 Å². The highest BCUT2D eigenvalue weighted by Gasteiger charge is 2.37. The van der Waals surface area contributed by atoms with E-state index in [9.17, 15) is 23.3 Å². The molecule has 9 nitrogen and oxygen atoms in total. The molecule has 1 saturated heterocycles. The van der Waals surface area contributed by atoms with Crippen molar-refractivity contribution in [3.05, 3.63) is 89.0 Å². The van der Waals surface area contributed by atoms with Crippen LogP contribution in [0.15, 0.2) is 83.8 Å². The van der Waals surface area contributed by atoms with Crippen LogP contribution in [0.5, 0.6) is 0 Å². The van der Waals surface area contributed by atoms with Crippen LogP contribution in [-0.2, 0) is 14.8 Å². The minimum atomic E-state index is -4.01. The Morgan fingerprint density at radius 3 is 2.26 bits per heavy atom. The number of nitro groups is 1. The zero-order chi connectivity index (χ0) is 25.0. The predicted octanol–water partition coefficient (Wildman–Crippen LogP) is 2.18. The Morgan fingerprint density at radius 2 is 1.57 bits per heavy atom. The Hall–Kier alpha value is -3.60. The van der Waals surface area contributed by atoms with Gasteiger partial charge in [0.05, 0.1) is 31.1 Å². The number of piperazine rings is 1. The molecule has 1 aliphatic heterocycles. The fraction of sp³-hybridized carbons (Fsp3) is 0.240. The molecule has 0 radical (unpaired) electrons. The van der Waals surface area contributed by atoms with Crippen molar-refractivity contribution < 1.29 is 23.0 Å². The van der Waals surface area contributed by atoms with Crippen molar-refractivity contribution >= 4 is 27.3 Å². The molecule has 35 heavy (non-hydrogen) atoms. The van der Waals surface area contributed by atoms with Crippen molar-refractivity contribution in [3.63, 3.8) is 0 Å². The van der Waals surface area contributed by atoms with E-state index in [0.717, 1.165) is 16.0 Å². The summed E-state index contributed by atoms with van der Waals surface area (Å²) >= 11 is 0. The zero-order valence-corrected chi connectivity index (χ0v) is 20.1. The van der Waals surface area contributed by atoms with Crippen molar-refractivity contribution in [1.29, 1.82) is 0 Å². The second-order valence-electron chi connectivity index (χ2n) is 8.41. The molecule has 1 fully saturated rings. The first-order chi connectivity index (χ1) is 16.8. The highest BCUT2D eigenvalue weighted by molar-refractivity contribution is 7.89. The van der Waals surface area contributed by atoms with Gasteiger partial charge in [0, 0.05) is 17.3 Å². The van der Waals surface area contributed by atoms with Crippen LogP contribution in [0.3, 0.4) is 0 Å². The molecule has 0 unspecified atom stereocenters. The van der Waals surface area contributed by atoms with Gasteiger partial charge in [-0.1, -0.05) is 60.7 Å². The molecule has 1 heterocycles. The normalized spacial score (nSPS) is 15.9. The van der Waals surface area contributed by atoms with E-state index in [4.69, 9.17) is 0 Å². The van der Waals surface area contributed by atoms with Gasteiger partial charge in [0.2, 0.25) is 10.0 Å². The molecule has 1 aliphatic rings. The molecule has 0 aromatic heterocycles. The van der Waals surface area contributed by atoms with Crippen LogP contribution in [-0.4, -0.2) is 55.8 Å². The first-order valence-electron chi connectivity index (χ1n) is 11.3. The van der Waals surface area contributed by atoms with Crippen molar-refractivity contribution in [2.45, 2.75) is 17.9 Å². The number of nitro benzene ring substituents is 1. The number of hydrogen-bond donors (Lipinski definition) is 2. The number of nitrogens with zero attached hydrogens (tertiary/aromatic N) is 2. The summed E-state index contributed by atoms with van der Waals surface area (Å²) in [7, 11) is -4.01. The Labute approximate surface area is 204 Å². The van der Waals surface area contributed by atoms with Gasteiger partial charge in [0.1, 0.15) is 0 Å². The van der Waals surface area contributed by atoms with E-state index in [2.05, 4.69) is 5.32 Å². The molecule has 4 rings (SSSR count). The average molecular weight is 496 g/mol. The first kappa shape index (κ1) is 24.5. The number of anilines is 1. The summed E-state index contributed by atoms with van der Waals surface area (Å²) in [6.07, 6.45) is 0. The number of carbonyl (C=O) groups is 1. The lowest BCUT2D eigenvalue weighted by molar-refractivity contribution is -0.917. The number of quaternary nitrogens is 1. The lowest BCUT2D eigenvalue weighted by atomic mass is 10.0. The fourth-order valence-electron chi connectivity index (χ4n) is 4.30. The molecule has 1 amide bonds. The predicted molar refractivity (Wildman–Crippen MR) is 133 cm³/mol. The Kier molecular flexibility index (Phi) is 7.25. The maximum atomic E-state index is 13.1. The third-order valence-electron chi connectivity index (χ3n) is 6.32. The quantitative estimate of drug-likeness (QED) is 0.385. The van der Waals surface area contributed by atoms with Gasteiger partial charge in [0.15, 0.2) is 10.9 Å². The lowest BCUT2D eigenvalue weighted by Gasteiger charge is -2.34. The zero-order valence-electron chi connectivity index (χ0n) is 19.3. The van der Waals surface area contributed by atoms with Crippen LogP contribution in [0.4, 0.5) is 11.4 Å². The number of benzene rings is 3. The van der Waals surface area contributed by atoms with Gasteiger partial charge in [-0.3, -0.25) is 14.9 Å². The first-order valence-corrected chi connectivity index (χ1v) is 12.8. The van der Waals surface area contributed by atoms with Gasteiger partial charge >= 0.3 is 0 Å². The maximum Gasteiger partial charge on any atom is 0.289 e. The summed E-state index contributed by atoms with van der Waals surface area (Å²) < 4.78 is 27.4. The third-order valence-corrected chi connectivity index (χ3v) is 8.27. The summed E-state index contributed by atoms with van der Waals surface area (Å²) in [6.45, 7) is 2.98. The van der Waals surface area contributed by atoms with Crippen molar-refractivity contribution in [2.75, 3.05) is 31.5 Å². The number of amides is 1. The monoisotopic (exact) mass is 495 g/mol. The van der Waals surface area contributed by atoms with Crippen LogP contribution in [0.1, 0.15) is 6.92 Å². The Morgan fingerprint density at radius 1 is 0.971 bits per heavy atom. The highest BCUT2D eigenvalue weighted by Crippen LogP contribution is 2.28. The molecule has 1 atom stereocenters. The topological polar surface area (TPSA) is 114 Å². The molecular formula is C25H27N4O5S+. The molecule has 0 aliphatic carbocycles. The number of hydrogen-bond acceptors (Lipinski definition) is 5. The van der Waals surface area contributed by atoms with Crippen LogP contribution in [0.2, 0.25) is 0 Å². The Bertz CT molecular complexity index is 1320. The van der Waals surface area contributed by atoms with E-state index in [-0.39, 0.29) is 23.9 Å². The van der Waals surface area contributed by atoms with Crippen LogP contribution < -0.4 is 10.2 Å². The molecular weight excluding hydrogens is 468 g/mol. The summed E-state index contributed by atoms with van der Waals surface area (Å²) in [5, 5.41) is 14.3. The standard InChI is InChI=1S/C25H26N4O5S/c1-19(25(30)26-22-12-6-5-11-21(22)20-9-3-2-4-10-20)27-15-17-28(18-16-27)35(33,34)24-14-8-7-13-23(24)29(31)32/h2-14,19H,15-18H2,1H3,(H,26,30)/p+1/t19-/m1/s1. The fourth-order valence-corrected chi connectivity index (χ4v) is 5.90. The number of nitrogens with one attached hydrogen (secondary N) is 2. The van der Waals surface area contributed by atoms with E-state index in [0.29, 0.717) is 18.8 Å². The van der Waals surface area contributed by atoms with E-state index >= 15 is 0 Å². The summed E-state index contributed by atoms with van der Waals surface area (Å²) in [6, 6.07) is 22.3. The van der Waals surface area contributed by atoms with Crippen molar-refractivity contribution in [1.82, 2.24) is 4.31 Å². The molecule has 182 valence electrons. The summed E-state index contributed by atoms with van der Waals surface area (Å²) in [5.74, 6) is -0.154. The van der Waals surface area contributed by atoms with E-state index in [1.165, 1.54) is 28.6 Å². The van der Waals surface area contributed by atoms with Gasteiger partial charge in [0.25, 0.3) is 11.6 Å². The Balaban J connectivity index is 1.43. The smallest absolute Gasteiger partial charge is 0.289 e. The van der Waals surface area contributed by atoms with Gasteiger partial charge in [-0.25, -0.2) is 8.42 Å².